The predicted molar refractivity (Wildman–Crippen MR) is 102 cm³/mol. The van der Waals surface area contributed by atoms with Crippen LogP contribution in [0.1, 0.15) is 23.1 Å². The maximum atomic E-state index is 12.9. The molecule has 3 aromatic rings. The zero-order chi connectivity index (χ0) is 17.3. The Hall–Kier alpha value is -2.87. The Kier molecular flexibility index (Phi) is 3.89. The van der Waals surface area contributed by atoms with Gasteiger partial charge in [-0.15, -0.1) is 0 Å². The van der Waals surface area contributed by atoms with Gasteiger partial charge in [0.25, 0.3) is 0 Å². The van der Waals surface area contributed by atoms with Gasteiger partial charge >= 0.3 is 0 Å². The van der Waals surface area contributed by atoms with Crippen LogP contribution < -0.4 is 5.32 Å². The van der Waals surface area contributed by atoms with Crippen LogP contribution >= 0.6 is 0 Å². The van der Waals surface area contributed by atoms with Gasteiger partial charge in [-0.25, -0.2) is 0 Å². The third-order valence-corrected chi connectivity index (χ3v) is 5.17. The first kappa shape index (κ1) is 15.6. The van der Waals surface area contributed by atoms with Crippen molar-refractivity contribution in [2.45, 2.75) is 18.8 Å². The van der Waals surface area contributed by atoms with E-state index in [9.17, 15) is 4.79 Å². The SMILES string of the molecule is Cc1ccc(NC(=O)[C@H]2CC2(c2ccccc2)c2ccccc2)cc1. The van der Waals surface area contributed by atoms with Gasteiger partial charge in [0.15, 0.2) is 0 Å². The van der Waals surface area contributed by atoms with E-state index in [1.165, 1.54) is 16.7 Å². The number of anilines is 1. The van der Waals surface area contributed by atoms with Gasteiger partial charge in [0.2, 0.25) is 5.91 Å². The van der Waals surface area contributed by atoms with E-state index < -0.39 is 0 Å². The molecule has 1 amide bonds. The van der Waals surface area contributed by atoms with Crippen molar-refractivity contribution < 1.29 is 4.79 Å². The molecular formula is C23H21NO. The van der Waals surface area contributed by atoms with E-state index in [0.717, 1.165) is 12.1 Å². The lowest BCUT2D eigenvalue weighted by Crippen LogP contribution is -2.22. The number of hydrogen-bond donors (Lipinski definition) is 1. The van der Waals surface area contributed by atoms with Crippen molar-refractivity contribution in [1.29, 1.82) is 0 Å². The molecule has 4 rings (SSSR count). The fourth-order valence-electron chi connectivity index (χ4n) is 3.72. The fraction of sp³-hybridized carbons (Fsp3) is 0.174. The number of benzene rings is 3. The zero-order valence-electron chi connectivity index (χ0n) is 14.3. The summed E-state index contributed by atoms with van der Waals surface area (Å²) < 4.78 is 0. The van der Waals surface area contributed by atoms with Gasteiger partial charge in [0.05, 0.1) is 5.92 Å². The van der Waals surface area contributed by atoms with Crippen molar-refractivity contribution in [2.75, 3.05) is 5.32 Å². The van der Waals surface area contributed by atoms with Gasteiger partial charge in [-0.3, -0.25) is 4.79 Å². The summed E-state index contributed by atoms with van der Waals surface area (Å²) in [5, 5.41) is 3.09. The van der Waals surface area contributed by atoms with Crippen molar-refractivity contribution in [3.8, 4) is 0 Å². The first-order valence-corrected chi connectivity index (χ1v) is 8.69. The fourth-order valence-corrected chi connectivity index (χ4v) is 3.72. The van der Waals surface area contributed by atoms with Crippen LogP contribution in [0.25, 0.3) is 0 Å². The number of amides is 1. The van der Waals surface area contributed by atoms with Crippen LogP contribution in [0.4, 0.5) is 5.69 Å². The third kappa shape index (κ3) is 2.85. The standard InChI is InChI=1S/C23H21NO/c1-17-12-14-20(15-13-17)24-22(25)21-16-23(21,18-8-4-2-5-9-18)19-10-6-3-7-11-19/h2-15,21H,16H2,1H3,(H,24,25)/t21-/m1/s1. The summed E-state index contributed by atoms with van der Waals surface area (Å²) in [7, 11) is 0. The molecule has 1 aliphatic rings. The molecule has 124 valence electrons. The van der Waals surface area contributed by atoms with Crippen molar-refractivity contribution in [3.05, 3.63) is 102 Å². The molecule has 0 saturated heterocycles. The monoisotopic (exact) mass is 327 g/mol. The lowest BCUT2D eigenvalue weighted by molar-refractivity contribution is -0.117. The molecule has 25 heavy (non-hydrogen) atoms. The molecule has 0 aromatic heterocycles. The van der Waals surface area contributed by atoms with Crippen LogP contribution in [0, 0.1) is 12.8 Å². The Balaban J connectivity index is 1.64. The Morgan fingerprint density at radius 2 is 1.36 bits per heavy atom. The highest BCUT2D eigenvalue weighted by Crippen LogP contribution is 2.59. The second-order valence-corrected chi connectivity index (χ2v) is 6.82. The highest BCUT2D eigenvalue weighted by molar-refractivity contribution is 5.97. The topological polar surface area (TPSA) is 29.1 Å². The molecule has 3 aromatic carbocycles. The Morgan fingerprint density at radius 3 is 1.88 bits per heavy atom. The number of nitrogens with one attached hydrogen (secondary N) is 1. The maximum Gasteiger partial charge on any atom is 0.228 e. The summed E-state index contributed by atoms with van der Waals surface area (Å²) >= 11 is 0. The average Bonchev–Trinajstić information content (AvgIpc) is 3.42. The Labute approximate surface area is 148 Å². The lowest BCUT2D eigenvalue weighted by Gasteiger charge is -2.19. The van der Waals surface area contributed by atoms with Gasteiger partial charge in [0, 0.05) is 11.1 Å². The maximum absolute atomic E-state index is 12.9. The molecule has 1 saturated carbocycles. The van der Waals surface area contributed by atoms with Crippen LogP contribution in [0.3, 0.4) is 0 Å². The number of aryl methyl sites for hydroxylation is 1. The first-order valence-electron chi connectivity index (χ1n) is 8.69. The molecule has 2 heteroatoms. The molecule has 1 atom stereocenters. The summed E-state index contributed by atoms with van der Waals surface area (Å²) in [5.41, 5.74) is 4.26. The molecule has 0 radical (unpaired) electrons. The molecule has 0 aliphatic heterocycles. The minimum atomic E-state index is -0.211. The molecule has 1 aliphatic carbocycles. The summed E-state index contributed by atoms with van der Waals surface area (Å²) in [6.07, 6.45) is 0.846. The average molecular weight is 327 g/mol. The second kappa shape index (κ2) is 6.21. The van der Waals surface area contributed by atoms with Gasteiger partial charge in [-0.1, -0.05) is 78.4 Å². The van der Waals surface area contributed by atoms with Gasteiger partial charge in [-0.2, -0.15) is 0 Å². The molecule has 0 spiro atoms. The highest BCUT2D eigenvalue weighted by atomic mass is 16.2. The number of carbonyl (C=O) groups is 1. The van der Waals surface area contributed by atoms with Crippen molar-refractivity contribution in [2.24, 2.45) is 5.92 Å². The summed E-state index contributed by atoms with van der Waals surface area (Å²) in [6.45, 7) is 2.04. The minimum Gasteiger partial charge on any atom is -0.326 e. The summed E-state index contributed by atoms with van der Waals surface area (Å²) in [5.74, 6) is 0.0511. The number of rotatable bonds is 4. The largest absolute Gasteiger partial charge is 0.326 e. The predicted octanol–water partition coefficient (Wildman–Crippen LogP) is 4.94. The van der Waals surface area contributed by atoms with Gasteiger partial charge < -0.3 is 5.32 Å². The Morgan fingerprint density at radius 1 is 0.840 bits per heavy atom. The minimum absolute atomic E-state index is 0.0430. The normalized spacial score (nSPS) is 17.7. The van der Waals surface area contributed by atoms with Crippen molar-refractivity contribution >= 4 is 11.6 Å². The van der Waals surface area contributed by atoms with Crippen molar-refractivity contribution in [3.63, 3.8) is 0 Å². The van der Waals surface area contributed by atoms with Crippen LogP contribution in [-0.2, 0) is 10.2 Å². The van der Waals surface area contributed by atoms with Gasteiger partial charge in [0.1, 0.15) is 0 Å². The molecule has 1 fully saturated rings. The van der Waals surface area contributed by atoms with Crippen molar-refractivity contribution in [1.82, 2.24) is 0 Å². The zero-order valence-corrected chi connectivity index (χ0v) is 14.3. The molecule has 0 unspecified atom stereocenters. The van der Waals surface area contributed by atoms with Crippen LogP contribution in [0.5, 0.6) is 0 Å². The smallest absolute Gasteiger partial charge is 0.228 e. The molecule has 2 nitrogen and oxygen atoms in total. The molecule has 0 heterocycles. The quantitative estimate of drug-likeness (QED) is 0.722. The van der Waals surface area contributed by atoms with E-state index in [0.29, 0.717) is 0 Å². The van der Waals surface area contributed by atoms with Crippen LogP contribution in [-0.4, -0.2) is 5.91 Å². The van der Waals surface area contributed by atoms with Gasteiger partial charge in [-0.05, 0) is 36.6 Å². The highest BCUT2D eigenvalue weighted by Gasteiger charge is 2.60. The number of carbonyl (C=O) groups excluding carboxylic acids is 1. The summed E-state index contributed by atoms with van der Waals surface area (Å²) in [4.78, 5) is 12.9. The second-order valence-electron chi connectivity index (χ2n) is 6.82. The van der Waals surface area contributed by atoms with E-state index >= 15 is 0 Å². The molecule has 0 bridgehead atoms. The summed E-state index contributed by atoms with van der Waals surface area (Å²) in [6, 6.07) is 28.7. The number of hydrogen-bond acceptors (Lipinski definition) is 1. The van der Waals surface area contributed by atoms with E-state index in [1.807, 2.05) is 67.6 Å². The molecule has 1 N–H and O–H groups in total. The lowest BCUT2D eigenvalue weighted by atomic mass is 9.85. The molecular weight excluding hydrogens is 306 g/mol. The Bertz CT molecular complexity index is 829. The van der Waals surface area contributed by atoms with Crippen LogP contribution in [0.15, 0.2) is 84.9 Å². The van der Waals surface area contributed by atoms with E-state index in [1.54, 1.807) is 0 Å². The van der Waals surface area contributed by atoms with E-state index in [-0.39, 0.29) is 17.2 Å². The third-order valence-electron chi connectivity index (χ3n) is 5.17. The van der Waals surface area contributed by atoms with E-state index in [4.69, 9.17) is 0 Å². The van der Waals surface area contributed by atoms with E-state index in [2.05, 4.69) is 29.6 Å². The van der Waals surface area contributed by atoms with Crippen LogP contribution in [0.2, 0.25) is 0 Å². The first-order chi connectivity index (χ1) is 12.2.